The molecule has 3 rings (SSSR count). The molecule has 1 aromatic carbocycles. The monoisotopic (exact) mass is 438 g/mol. The Morgan fingerprint density at radius 1 is 1.15 bits per heavy atom. The number of hydrogen-bond donors (Lipinski definition) is 0. The van der Waals surface area contributed by atoms with Crippen molar-refractivity contribution in [1.29, 1.82) is 0 Å². The molecule has 1 saturated heterocycles. The van der Waals surface area contributed by atoms with Crippen LogP contribution in [0.3, 0.4) is 0 Å². The van der Waals surface area contributed by atoms with Gasteiger partial charge >= 0.3 is 6.18 Å². The summed E-state index contributed by atoms with van der Waals surface area (Å²) >= 11 is 8.21. The van der Waals surface area contributed by atoms with Crippen LogP contribution in [0.1, 0.15) is 10.4 Å². The van der Waals surface area contributed by atoms with Crippen LogP contribution in [0.2, 0.25) is 4.34 Å². The fraction of sp³-hybridized carbons (Fsp3) is 0.444. The number of aryl methyl sites for hydroxylation is 1. The van der Waals surface area contributed by atoms with Gasteiger partial charge < -0.3 is 4.90 Å². The summed E-state index contributed by atoms with van der Waals surface area (Å²) in [6.45, 7) is 5.20. The van der Waals surface area contributed by atoms with Crippen molar-refractivity contribution < 1.29 is 17.6 Å². The van der Waals surface area contributed by atoms with Crippen molar-refractivity contribution in [2.24, 2.45) is 0 Å². The SMILES string of the molecule is Cc1cc(F)c(N2CCN(Cc3ccc(Cl)s3)CC2)cc1SCC(F)(F)F. The van der Waals surface area contributed by atoms with Crippen molar-refractivity contribution in [2.45, 2.75) is 24.5 Å². The first-order chi connectivity index (χ1) is 12.7. The molecule has 0 bridgehead atoms. The average molecular weight is 439 g/mol. The van der Waals surface area contributed by atoms with Gasteiger partial charge in [-0.25, -0.2) is 4.39 Å². The third-order valence-corrected chi connectivity index (χ3v) is 6.80. The second kappa shape index (κ2) is 8.59. The van der Waals surface area contributed by atoms with E-state index < -0.39 is 11.9 Å². The molecule has 0 N–H and O–H groups in total. The number of nitrogens with zero attached hydrogens (tertiary/aromatic N) is 2. The summed E-state index contributed by atoms with van der Waals surface area (Å²) in [5, 5.41) is 0. The van der Waals surface area contributed by atoms with Crippen molar-refractivity contribution in [2.75, 3.05) is 36.8 Å². The number of thioether (sulfide) groups is 1. The molecule has 0 radical (unpaired) electrons. The van der Waals surface area contributed by atoms with Crippen LogP contribution in [0.15, 0.2) is 29.2 Å². The van der Waals surface area contributed by atoms with E-state index in [0.717, 1.165) is 24.0 Å². The van der Waals surface area contributed by atoms with Gasteiger partial charge in [0.1, 0.15) is 5.82 Å². The van der Waals surface area contributed by atoms with Gasteiger partial charge in [0.2, 0.25) is 0 Å². The Kier molecular flexibility index (Phi) is 6.61. The molecular weight excluding hydrogens is 420 g/mol. The fourth-order valence-corrected chi connectivity index (χ4v) is 4.93. The lowest BCUT2D eigenvalue weighted by Gasteiger charge is -2.36. The molecule has 1 aliphatic heterocycles. The Morgan fingerprint density at radius 3 is 2.44 bits per heavy atom. The van der Waals surface area contributed by atoms with Crippen LogP contribution in [-0.4, -0.2) is 43.0 Å². The lowest BCUT2D eigenvalue weighted by Crippen LogP contribution is -2.46. The first-order valence-corrected chi connectivity index (χ1v) is 10.6. The first-order valence-electron chi connectivity index (χ1n) is 8.42. The lowest BCUT2D eigenvalue weighted by molar-refractivity contribution is -0.105. The maximum Gasteiger partial charge on any atom is 0.398 e. The van der Waals surface area contributed by atoms with Crippen LogP contribution >= 0.6 is 34.7 Å². The summed E-state index contributed by atoms with van der Waals surface area (Å²) in [5.74, 6) is -1.36. The van der Waals surface area contributed by atoms with Gasteiger partial charge in [-0.05, 0) is 36.8 Å². The molecule has 2 nitrogen and oxygen atoms in total. The van der Waals surface area contributed by atoms with Gasteiger partial charge in [0, 0.05) is 42.5 Å². The van der Waals surface area contributed by atoms with E-state index in [1.54, 1.807) is 24.3 Å². The normalized spacial score (nSPS) is 16.1. The number of piperazine rings is 1. The highest BCUT2D eigenvalue weighted by Crippen LogP contribution is 2.34. The number of halogens is 5. The van der Waals surface area contributed by atoms with Gasteiger partial charge in [-0.3, -0.25) is 4.90 Å². The van der Waals surface area contributed by atoms with Crippen LogP contribution in [0, 0.1) is 12.7 Å². The van der Waals surface area contributed by atoms with Gasteiger partial charge in [0.25, 0.3) is 0 Å². The van der Waals surface area contributed by atoms with Crippen molar-refractivity contribution in [3.63, 3.8) is 0 Å². The minimum atomic E-state index is -4.25. The smallest absolute Gasteiger partial charge is 0.367 e. The van der Waals surface area contributed by atoms with E-state index in [9.17, 15) is 17.6 Å². The Morgan fingerprint density at radius 2 is 1.85 bits per heavy atom. The van der Waals surface area contributed by atoms with Crippen LogP contribution in [-0.2, 0) is 6.54 Å². The Balaban J connectivity index is 1.64. The molecule has 1 aromatic heterocycles. The third kappa shape index (κ3) is 5.76. The Labute approximate surface area is 169 Å². The van der Waals surface area contributed by atoms with Crippen molar-refractivity contribution in [1.82, 2.24) is 4.90 Å². The van der Waals surface area contributed by atoms with Crippen LogP contribution < -0.4 is 4.90 Å². The maximum absolute atomic E-state index is 14.4. The molecule has 0 atom stereocenters. The molecule has 0 unspecified atom stereocenters. The molecule has 1 fully saturated rings. The summed E-state index contributed by atoms with van der Waals surface area (Å²) in [4.78, 5) is 5.83. The van der Waals surface area contributed by atoms with E-state index in [2.05, 4.69) is 4.90 Å². The van der Waals surface area contributed by atoms with Gasteiger partial charge in [0.05, 0.1) is 15.8 Å². The molecule has 2 heterocycles. The highest BCUT2D eigenvalue weighted by Gasteiger charge is 2.28. The van der Waals surface area contributed by atoms with Crippen molar-refractivity contribution in [3.05, 3.63) is 44.9 Å². The summed E-state index contributed by atoms with van der Waals surface area (Å²) in [6, 6.07) is 6.76. The Hall–Kier alpha value is -0.960. The molecule has 27 heavy (non-hydrogen) atoms. The van der Waals surface area contributed by atoms with Gasteiger partial charge in [-0.15, -0.1) is 23.1 Å². The second-order valence-corrected chi connectivity index (χ2v) is 9.26. The van der Waals surface area contributed by atoms with Crippen LogP contribution in [0.5, 0.6) is 0 Å². The van der Waals surface area contributed by atoms with Crippen LogP contribution in [0.25, 0.3) is 0 Å². The average Bonchev–Trinajstić information content (AvgIpc) is 2.99. The zero-order valence-corrected chi connectivity index (χ0v) is 17.0. The predicted octanol–water partition coefficient (Wildman–Crippen LogP) is 5.83. The number of thiophene rings is 1. The molecule has 0 saturated carbocycles. The third-order valence-electron chi connectivity index (χ3n) is 4.36. The number of rotatable bonds is 5. The lowest BCUT2D eigenvalue weighted by atomic mass is 10.2. The molecule has 148 valence electrons. The molecule has 0 amide bonds. The van der Waals surface area contributed by atoms with E-state index in [1.165, 1.54) is 10.9 Å². The van der Waals surface area contributed by atoms with E-state index >= 15 is 0 Å². The van der Waals surface area contributed by atoms with E-state index in [-0.39, 0.29) is 5.82 Å². The minimum Gasteiger partial charge on any atom is -0.367 e. The molecule has 1 aliphatic rings. The zero-order chi connectivity index (χ0) is 19.6. The van der Waals surface area contributed by atoms with E-state index in [0.29, 0.717) is 41.0 Å². The van der Waals surface area contributed by atoms with E-state index in [1.807, 2.05) is 17.0 Å². The molecule has 0 aliphatic carbocycles. The van der Waals surface area contributed by atoms with E-state index in [4.69, 9.17) is 11.6 Å². The highest BCUT2D eigenvalue weighted by molar-refractivity contribution is 7.99. The Bertz CT molecular complexity index is 786. The zero-order valence-electron chi connectivity index (χ0n) is 14.7. The fourth-order valence-electron chi connectivity index (χ4n) is 3.00. The van der Waals surface area contributed by atoms with Crippen molar-refractivity contribution >= 4 is 40.4 Å². The van der Waals surface area contributed by atoms with Gasteiger partial charge in [0.15, 0.2) is 0 Å². The quantitative estimate of drug-likeness (QED) is 0.428. The standard InChI is InChI=1S/C18H19ClF4N2S2/c1-12-8-14(20)15(9-16(12)26-11-18(21,22)23)25-6-4-24(5-7-25)10-13-2-3-17(19)27-13/h2-3,8-9H,4-7,10-11H2,1H3. The minimum absolute atomic E-state index is 0.379. The van der Waals surface area contributed by atoms with Gasteiger partial charge in [-0.1, -0.05) is 11.6 Å². The van der Waals surface area contributed by atoms with Gasteiger partial charge in [-0.2, -0.15) is 13.2 Å². The second-order valence-electron chi connectivity index (χ2n) is 6.44. The predicted molar refractivity (Wildman–Crippen MR) is 105 cm³/mol. The summed E-state index contributed by atoms with van der Waals surface area (Å²) in [6.07, 6.45) is -4.25. The summed E-state index contributed by atoms with van der Waals surface area (Å²) in [7, 11) is 0. The molecule has 9 heteroatoms. The van der Waals surface area contributed by atoms with Crippen LogP contribution in [0.4, 0.5) is 23.2 Å². The largest absolute Gasteiger partial charge is 0.398 e. The van der Waals surface area contributed by atoms with Crippen molar-refractivity contribution in [3.8, 4) is 0 Å². The summed E-state index contributed by atoms with van der Waals surface area (Å²) < 4.78 is 52.7. The topological polar surface area (TPSA) is 6.48 Å². The number of hydrogen-bond acceptors (Lipinski definition) is 4. The highest BCUT2D eigenvalue weighted by atomic mass is 35.5. The number of benzene rings is 1. The molecule has 2 aromatic rings. The maximum atomic E-state index is 14.4. The molecular formula is C18H19ClF4N2S2. The first kappa shape index (κ1) is 20.8. The number of alkyl halides is 3. The summed E-state index contributed by atoms with van der Waals surface area (Å²) in [5.41, 5.74) is 0.905. The molecule has 0 spiro atoms. The number of anilines is 1.